The van der Waals surface area contributed by atoms with Crippen molar-refractivity contribution in [1.29, 1.82) is 0 Å². The highest BCUT2D eigenvalue weighted by atomic mass is 32.2. The third-order valence-electron chi connectivity index (χ3n) is 3.97. The van der Waals surface area contributed by atoms with Crippen LogP contribution in [-0.2, 0) is 6.42 Å². The Morgan fingerprint density at radius 2 is 1.82 bits per heavy atom. The van der Waals surface area contributed by atoms with Gasteiger partial charge in [-0.2, -0.15) is 0 Å². The van der Waals surface area contributed by atoms with Crippen LogP contribution < -0.4 is 5.32 Å². The number of thiazole rings is 1. The van der Waals surface area contributed by atoms with Crippen LogP contribution in [0.3, 0.4) is 0 Å². The van der Waals surface area contributed by atoms with Gasteiger partial charge in [0, 0.05) is 26.4 Å². The summed E-state index contributed by atoms with van der Waals surface area (Å²) in [6, 6.07) is 19.1. The maximum atomic E-state index is 4.85. The Balaban J connectivity index is 1.85. The zero-order valence-corrected chi connectivity index (χ0v) is 18.1. The second kappa shape index (κ2) is 9.71. The first-order chi connectivity index (χ1) is 13.5. The summed E-state index contributed by atoms with van der Waals surface area (Å²) in [4.78, 5) is 12.8. The van der Waals surface area contributed by atoms with E-state index in [1.807, 2.05) is 13.0 Å². The summed E-state index contributed by atoms with van der Waals surface area (Å²) in [6.07, 6.45) is 2.54. The Labute approximate surface area is 175 Å². The van der Waals surface area contributed by atoms with Crippen LogP contribution in [-0.4, -0.2) is 10.8 Å². The van der Waals surface area contributed by atoms with Crippen LogP contribution in [0, 0.1) is 5.92 Å². The van der Waals surface area contributed by atoms with Gasteiger partial charge in [-0.25, -0.2) is 9.98 Å². The van der Waals surface area contributed by atoms with Crippen molar-refractivity contribution in [2.75, 3.05) is 5.32 Å². The molecule has 2 aromatic carbocycles. The van der Waals surface area contributed by atoms with Crippen LogP contribution in [0.15, 0.2) is 82.2 Å². The molecule has 0 fully saturated rings. The van der Waals surface area contributed by atoms with Gasteiger partial charge in [0.25, 0.3) is 0 Å². The molecule has 0 amide bonds. The molecule has 1 heterocycles. The minimum Gasteiger partial charge on any atom is -0.320 e. The first-order valence-corrected chi connectivity index (χ1v) is 10.9. The highest BCUT2D eigenvalue weighted by molar-refractivity contribution is 7.99. The number of nitrogens with zero attached hydrogens (tertiary/aromatic N) is 2. The van der Waals surface area contributed by atoms with Crippen molar-refractivity contribution in [3.63, 3.8) is 0 Å². The number of nitrogens with one attached hydrogen (secondary N) is 1. The molecule has 1 N–H and O–H groups in total. The van der Waals surface area contributed by atoms with Gasteiger partial charge in [0.15, 0.2) is 5.13 Å². The number of rotatable bonds is 7. The number of aliphatic imine (C=N–C) groups is 1. The zero-order chi connectivity index (χ0) is 19.9. The highest BCUT2D eigenvalue weighted by Gasteiger charge is 2.15. The van der Waals surface area contributed by atoms with E-state index in [2.05, 4.69) is 79.3 Å². The molecule has 0 atom stereocenters. The number of benzene rings is 2. The molecule has 0 aliphatic heterocycles. The van der Waals surface area contributed by atoms with Gasteiger partial charge in [-0.05, 0) is 43.5 Å². The molecule has 0 spiro atoms. The van der Waals surface area contributed by atoms with E-state index in [1.54, 1.807) is 23.1 Å². The summed E-state index contributed by atoms with van der Waals surface area (Å²) < 4.78 is 0. The van der Waals surface area contributed by atoms with Crippen LogP contribution in [0.4, 0.5) is 5.13 Å². The van der Waals surface area contributed by atoms with Crippen molar-refractivity contribution in [3.05, 3.63) is 72.3 Å². The fraction of sp³-hybridized carbons (Fsp3) is 0.217. The molecule has 0 bridgehead atoms. The van der Waals surface area contributed by atoms with Crippen LogP contribution in [0.25, 0.3) is 11.3 Å². The van der Waals surface area contributed by atoms with Crippen LogP contribution in [0.5, 0.6) is 0 Å². The summed E-state index contributed by atoms with van der Waals surface area (Å²) in [7, 11) is 0. The molecule has 1 aromatic heterocycles. The molecule has 0 aliphatic carbocycles. The molecule has 0 saturated carbocycles. The van der Waals surface area contributed by atoms with E-state index >= 15 is 0 Å². The van der Waals surface area contributed by atoms with E-state index in [4.69, 9.17) is 4.98 Å². The van der Waals surface area contributed by atoms with Crippen molar-refractivity contribution in [2.24, 2.45) is 10.9 Å². The largest absolute Gasteiger partial charge is 0.320 e. The standard InChI is InChI=1S/C23H25N3S2/c1-5-24-17(4)25-23-26-22(21(28-23)15-16(2)3)18-11-13-20(14-12-18)27-19-9-7-6-8-10-19/h5-14,16H,1,15H2,2-4H3,(H,24,25,26). The summed E-state index contributed by atoms with van der Waals surface area (Å²) in [5.41, 5.74) is 2.21. The van der Waals surface area contributed by atoms with Crippen LogP contribution in [0.2, 0.25) is 0 Å². The van der Waals surface area contributed by atoms with Gasteiger partial charge < -0.3 is 5.32 Å². The fourth-order valence-corrected chi connectivity index (χ4v) is 4.85. The minimum absolute atomic E-state index is 0.572. The predicted molar refractivity (Wildman–Crippen MR) is 124 cm³/mol. The molecular weight excluding hydrogens is 382 g/mol. The number of hydrogen-bond donors (Lipinski definition) is 1. The molecule has 0 saturated heterocycles. The van der Waals surface area contributed by atoms with E-state index in [-0.39, 0.29) is 0 Å². The van der Waals surface area contributed by atoms with E-state index in [0.717, 1.165) is 28.6 Å². The Hall–Kier alpha value is -2.37. The number of aromatic nitrogens is 1. The lowest BCUT2D eigenvalue weighted by Crippen LogP contribution is -2.05. The van der Waals surface area contributed by atoms with E-state index in [1.165, 1.54) is 20.9 Å². The quantitative estimate of drug-likeness (QED) is 0.334. The Kier molecular flexibility index (Phi) is 7.06. The van der Waals surface area contributed by atoms with Gasteiger partial charge in [-0.15, -0.1) is 11.3 Å². The molecule has 3 aromatic rings. The smallest absolute Gasteiger partial charge is 0.188 e. The third kappa shape index (κ3) is 5.57. The van der Waals surface area contributed by atoms with Crippen molar-refractivity contribution < 1.29 is 0 Å². The van der Waals surface area contributed by atoms with Crippen molar-refractivity contribution in [2.45, 2.75) is 37.0 Å². The van der Waals surface area contributed by atoms with Crippen LogP contribution in [0.1, 0.15) is 25.6 Å². The SMILES string of the molecule is C=C/N=C(\C)Nc1nc(-c2ccc(Sc3ccccc3)cc2)c(CC(C)C)s1. The molecule has 3 rings (SSSR count). The topological polar surface area (TPSA) is 37.3 Å². The third-order valence-corrected chi connectivity index (χ3v) is 5.98. The van der Waals surface area contributed by atoms with Crippen molar-refractivity contribution in [1.82, 2.24) is 4.98 Å². The average molecular weight is 408 g/mol. The van der Waals surface area contributed by atoms with Crippen LogP contribution >= 0.6 is 23.1 Å². The van der Waals surface area contributed by atoms with Gasteiger partial charge in [-0.3, -0.25) is 0 Å². The minimum atomic E-state index is 0.572. The van der Waals surface area contributed by atoms with Gasteiger partial charge in [0.2, 0.25) is 0 Å². The molecule has 28 heavy (non-hydrogen) atoms. The summed E-state index contributed by atoms with van der Waals surface area (Å²) in [5, 5.41) is 4.14. The Bertz CT molecular complexity index is 942. The fourth-order valence-electron chi connectivity index (χ4n) is 2.77. The summed E-state index contributed by atoms with van der Waals surface area (Å²) >= 11 is 3.47. The van der Waals surface area contributed by atoms with E-state index in [9.17, 15) is 0 Å². The molecule has 3 nitrogen and oxygen atoms in total. The number of anilines is 1. The summed E-state index contributed by atoms with van der Waals surface area (Å²) in [6.45, 7) is 10.0. The normalized spacial score (nSPS) is 11.6. The second-order valence-electron chi connectivity index (χ2n) is 6.85. The molecule has 144 valence electrons. The maximum absolute atomic E-state index is 4.85. The lowest BCUT2D eigenvalue weighted by molar-refractivity contribution is 0.654. The van der Waals surface area contributed by atoms with Gasteiger partial charge >= 0.3 is 0 Å². The monoisotopic (exact) mass is 407 g/mol. The molecule has 5 heteroatoms. The lowest BCUT2D eigenvalue weighted by atomic mass is 10.1. The van der Waals surface area contributed by atoms with Gasteiger partial charge in [0.1, 0.15) is 5.84 Å². The molecular formula is C23H25N3S2. The first-order valence-electron chi connectivity index (χ1n) is 9.30. The molecule has 0 radical (unpaired) electrons. The Morgan fingerprint density at radius 1 is 1.14 bits per heavy atom. The first kappa shape index (κ1) is 20.4. The number of hydrogen-bond acceptors (Lipinski definition) is 4. The lowest BCUT2D eigenvalue weighted by Gasteiger charge is -2.06. The maximum Gasteiger partial charge on any atom is 0.188 e. The van der Waals surface area contributed by atoms with Gasteiger partial charge in [0.05, 0.1) is 5.69 Å². The summed E-state index contributed by atoms with van der Waals surface area (Å²) in [5.74, 6) is 1.36. The number of amidine groups is 1. The predicted octanol–water partition coefficient (Wildman–Crippen LogP) is 7.13. The zero-order valence-electron chi connectivity index (χ0n) is 16.5. The Morgan fingerprint density at radius 3 is 2.46 bits per heavy atom. The van der Waals surface area contributed by atoms with E-state index in [0.29, 0.717) is 5.92 Å². The van der Waals surface area contributed by atoms with Gasteiger partial charge in [-0.1, -0.05) is 62.5 Å². The molecule has 0 aliphatic rings. The van der Waals surface area contributed by atoms with E-state index < -0.39 is 0 Å². The highest BCUT2D eigenvalue weighted by Crippen LogP contribution is 2.35. The van der Waals surface area contributed by atoms with Crippen molar-refractivity contribution in [3.8, 4) is 11.3 Å². The average Bonchev–Trinajstić information content (AvgIpc) is 3.04. The molecule has 0 unspecified atom stereocenters. The second-order valence-corrected chi connectivity index (χ2v) is 9.08. The van der Waals surface area contributed by atoms with Crippen molar-refractivity contribution >= 4 is 34.1 Å².